The molecule has 0 spiro atoms. The molecule has 1 aromatic rings. The summed E-state index contributed by atoms with van der Waals surface area (Å²) in [5, 5.41) is 0.757. The van der Waals surface area contributed by atoms with Gasteiger partial charge in [0.2, 0.25) is 0 Å². The van der Waals surface area contributed by atoms with Crippen molar-refractivity contribution in [1.82, 2.24) is 0 Å². The second-order valence-electron chi connectivity index (χ2n) is 5.38. The van der Waals surface area contributed by atoms with Gasteiger partial charge in [0.05, 0.1) is 0 Å². The van der Waals surface area contributed by atoms with E-state index in [-0.39, 0.29) is 6.04 Å². The van der Waals surface area contributed by atoms with Gasteiger partial charge in [0, 0.05) is 15.5 Å². The van der Waals surface area contributed by atoms with Crippen LogP contribution in [0.4, 0.5) is 0 Å². The van der Waals surface area contributed by atoms with Gasteiger partial charge in [0.1, 0.15) is 0 Å². The fourth-order valence-corrected chi connectivity index (χ4v) is 3.93. The third-order valence-corrected chi connectivity index (χ3v) is 5.22. The van der Waals surface area contributed by atoms with Crippen molar-refractivity contribution in [2.45, 2.75) is 45.1 Å². The monoisotopic (exact) mass is 329 g/mol. The van der Waals surface area contributed by atoms with Gasteiger partial charge in [-0.25, -0.2) is 0 Å². The van der Waals surface area contributed by atoms with E-state index in [1.165, 1.54) is 37.7 Å². The van der Waals surface area contributed by atoms with Crippen LogP contribution in [-0.2, 0) is 0 Å². The molecule has 0 saturated heterocycles. The standard InChI is InChI=1S/C15H21BrClN/c1-2-10-3-5-11(6-4-10)15(18)13-8-7-12(17)9-14(13)16/h7-11,15H,2-6,18H2,1H3. The van der Waals surface area contributed by atoms with Crippen LogP contribution >= 0.6 is 27.5 Å². The molecule has 1 unspecified atom stereocenters. The van der Waals surface area contributed by atoms with Gasteiger partial charge in [-0.3, -0.25) is 0 Å². The average molecular weight is 331 g/mol. The van der Waals surface area contributed by atoms with Gasteiger partial charge in [0.15, 0.2) is 0 Å². The number of rotatable bonds is 3. The maximum atomic E-state index is 6.43. The van der Waals surface area contributed by atoms with Gasteiger partial charge in [-0.1, -0.05) is 59.8 Å². The van der Waals surface area contributed by atoms with E-state index in [0.29, 0.717) is 5.92 Å². The van der Waals surface area contributed by atoms with Gasteiger partial charge >= 0.3 is 0 Å². The Kier molecular flexibility index (Phi) is 5.11. The Bertz CT molecular complexity index is 399. The van der Waals surface area contributed by atoms with Gasteiger partial charge < -0.3 is 5.73 Å². The molecule has 1 atom stereocenters. The lowest BCUT2D eigenvalue weighted by Crippen LogP contribution is -2.26. The Labute approximate surface area is 123 Å². The van der Waals surface area contributed by atoms with E-state index in [4.69, 9.17) is 17.3 Å². The first-order valence-electron chi connectivity index (χ1n) is 6.82. The summed E-state index contributed by atoms with van der Waals surface area (Å²) < 4.78 is 1.04. The topological polar surface area (TPSA) is 26.0 Å². The number of hydrogen-bond donors (Lipinski definition) is 1. The lowest BCUT2D eigenvalue weighted by molar-refractivity contribution is 0.239. The predicted molar refractivity (Wildman–Crippen MR) is 81.8 cm³/mol. The fourth-order valence-electron chi connectivity index (χ4n) is 2.98. The highest BCUT2D eigenvalue weighted by atomic mass is 79.9. The third kappa shape index (κ3) is 3.28. The van der Waals surface area contributed by atoms with Crippen molar-refractivity contribution < 1.29 is 0 Å². The third-order valence-electron chi connectivity index (χ3n) is 4.30. The summed E-state index contributed by atoms with van der Waals surface area (Å²) in [6.07, 6.45) is 6.50. The zero-order chi connectivity index (χ0) is 13.1. The smallest absolute Gasteiger partial charge is 0.0417 e. The maximum Gasteiger partial charge on any atom is 0.0417 e. The minimum absolute atomic E-state index is 0.134. The molecule has 1 aliphatic carbocycles. The Morgan fingerprint density at radius 2 is 2.00 bits per heavy atom. The second kappa shape index (κ2) is 6.40. The first-order chi connectivity index (χ1) is 8.61. The summed E-state index contributed by atoms with van der Waals surface area (Å²) >= 11 is 9.55. The summed E-state index contributed by atoms with van der Waals surface area (Å²) in [6, 6.07) is 6.06. The highest BCUT2D eigenvalue weighted by molar-refractivity contribution is 9.10. The molecule has 1 aliphatic rings. The lowest BCUT2D eigenvalue weighted by atomic mass is 9.76. The SMILES string of the molecule is CCC1CCC(C(N)c2ccc(Cl)cc2Br)CC1. The van der Waals surface area contributed by atoms with Crippen LogP contribution in [0.5, 0.6) is 0 Å². The molecule has 18 heavy (non-hydrogen) atoms. The summed E-state index contributed by atoms with van der Waals surface area (Å²) in [4.78, 5) is 0. The van der Waals surface area contributed by atoms with Crippen molar-refractivity contribution >= 4 is 27.5 Å². The predicted octanol–water partition coefficient (Wildman–Crippen LogP) is 5.32. The number of nitrogens with two attached hydrogens (primary N) is 1. The van der Waals surface area contributed by atoms with Crippen molar-refractivity contribution in [3.05, 3.63) is 33.3 Å². The molecule has 2 rings (SSSR count). The Hall–Kier alpha value is -0.0500. The van der Waals surface area contributed by atoms with E-state index < -0.39 is 0 Å². The van der Waals surface area contributed by atoms with Gasteiger partial charge in [-0.05, 0) is 42.4 Å². The Morgan fingerprint density at radius 3 is 2.56 bits per heavy atom. The van der Waals surface area contributed by atoms with E-state index in [1.807, 2.05) is 12.1 Å². The number of benzene rings is 1. The molecule has 0 bridgehead atoms. The van der Waals surface area contributed by atoms with E-state index in [2.05, 4.69) is 28.9 Å². The van der Waals surface area contributed by atoms with E-state index >= 15 is 0 Å². The van der Waals surface area contributed by atoms with E-state index in [0.717, 1.165) is 15.4 Å². The molecule has 1 nitrogen and oxygen atoms in total. The first kappa shape index (κ1) is 14.4. The van der Waals surface area contributed by atoms with Crippen molar-refractivity contribution in [3.8, 4) is 0 Å². The molecule has 100 valence electrons. The average Bonchev–Trinajstić information content (AvgIpc) is 2.38. The van der Waals surface area contributed by atoms with Crippen molar-refractivity contribution in [3.63, 3.8) is 0 Å². The summed E-state index contributed by atoms with van der Waals surface area (Å²) in [5.41, 5.74) is 7.63. The molecule has 0 amide bonds. The molecule has 0 radical (unpaired) electrons. The molecule has 1 saturated carbocycles. The molecule has 3 heteroatoms. The van der Waals surface area contributed by atoms with Crippen LogP contribution in [0.1, 0.15) is 50.6 Å². The molecule has 0 aliphatic heterocycles. The zero-order valence-electron chi connectivity index (χ0n) is 10.8. The normalized spacial score (nSPS) is 26.0. The van der Waals surface area contributed by atoms with Gasteiger partial charge in [0.25, 0.3) is 0 Å². The second-order valence-corrected chi connectivity index (χ2v) is 6.67. The van der Waals surface area contributed by atoms with Crippen molar-refractivity contribution in [2.75, 3.05) is 0 Å². The van der Waals surface area contributed by atoms with E-state index in [1.54, 1.807) is 0 Å². The Balaban J connectivity index is 2.05. The van der Waals surface area contributed by atoms with Crippen LogP contribution in [0.25, 0.3) is 0 Å². The molecule has 1 fully saturated rings. The highest BCUT2D eigenvalue weighted by Crippen LogP contribution is 2.39. The summed E-state index contributed by atoms with van der Waals surface area (Å²) in [6.45, 7) is 2.29. The highest BCUT2D eigenvalue weighted by Gasteiger charge is 2.26. The molecule has 1 aromatic carbocycles. The minimum atomic E-state index is 0.134. The van der Waals surface area contributed by atoms with Crippen molar-refractivity contribution in [2.24, 2.45) is 17.6 Å². The molecule has 2 N–H and O–H groups in total. The van der Waals surface area contributed by atoms with Gasteiger partial charge in [-0.15, -0.1) is 0 Å². The van der Waals surface area contributed by atoms with E-state index in [9.17, 15) is 0 Å². The van der Waals surface area contributed by atoms with Crippen LogP contribution in [0.2, 0.25) is 5.02 Å². The Morgan fingerprint density at radius 1 is 1.33 bits per heavy atom. The minimum Gasteiger partial charge on any atom is -0.324 e. The van der Waals surface area contributed by atoms with Crippen molar-refractivity contribution in [1.29, 1.82) is 0 Å². The first-order valence-corrected chi connectivity index (χ1v) is 7.99. The summed E-state index contributed by atoms with van der Waals surface area (Å²) in [5.74, 6) is 1.53. The van der Waals surface area contributed by atoms with Crippen LogP contribution in [0.15, 0.2) is 22.7 Å². The molecule has 0 aromatic heterocycles. The fraction of sp³-hybridized carbons (Fsp3) is 0.600. The maximum absolute atomic E-state index is 6.43. The zero-order valence-corrected chi connectivity index (χ0v) is 13.2. The number of hydrogen-bond acceptors (Lipinski definition) is 1. The molecular formula is C15H21BrClN. The molecular weight excluding hydrogens is 310 g/mol. The van der Waals surface area contributed by atoms with Crippen LogP contribution < -0.4 is 5.73 Å². The largest absolute Gasteiger partial charge is 0.324 e. The lowest BCUT2D eigenvalue weighted by Gasteiger charge is -2.32. The summed E-state index contributed by atoms with van der Waals surface area (Å²) in [7, 11) is 0. The van der Waals surface area contributed by atoms with Crippen LogP contribution in [0.3, 0.4) is 0 Å². The van der Waals surface area contributed by atoms with Crippen LogP contribution in [-0.4, -0.2) is 0 Å². The van der Waals surface area contributed by atoms with Crippen LogP contribution in [0, 0.1) is 11.8 Å². The quantitative estimate of drug-likeness (QED) is 0.797. The van der Waals surface area contributed by atoms with Gasteiger partial charge in [-0.2, -0.15) is 0 Å². The number of halogens is 2. The molecule has 0 heterocycles.